The van der Waals surface area contributed by atoms with Gasteiger partial charge in [0.2, 0.25) is 15.9 Å². The van der Waals surface area contributed by atoms with Gasteiger partial charge in [0.05, 0.1) is 10.5 Å². The minimum absolute atomic E-state index is 0.107. The van der Waals surface area contributed by atoms with E-state index in [2.05, 4.69) is 15.1 Å². The van der Waals surface area contributed by atoms with Crippen molar-refractivity contribution in [2.75, 3.05) is 0 Å². The molecule has 0 spiro atoms. The zero-order valence-corrected chi connectivity index (χ0v) is 21.0. The quantitative estimate of drug-likeness (QED) is 0.401. The van der Waals surface area contributed by atoms with Crippen molar-refractivity contribution in [1.82, 2.24) is 19.8 Å². The maximum atomic E-state index is 13.1. The van der Waals surface area contributed by atoms with Crippen molar-refractivity contribution in [3.05, 3.63) is 39.6 Å². The molecule has 0 bridgehead atoms. The number of hydrogen-bond donors (Lipinski definition) is 2. The summed E-state index contributed by atoms with van der Waals surface area (Å²) in [6.07, 6.45) is 2.36. The van der Waals surface area contributed by atoms with Crippen molar-refractivity contribution in [3.63, 3.8) is 0 Å². The molecule has 2 N–H and O–H groups in total. The lowest BCUT2D eigenvalue weighted by atomic mass is 10.1. The Hall–Kier alpha value is -2.99. The highest BCUT2D eigenvalue weighted by atomic mass is 32.2. The van der Waals surface area contributed by atoms with Crippen LogP contribution in [0.25, 0.3) is 0 Å². The maximum absolute atomic E-state index is 13.1. The van der Waals surface area contributed by atoms with Crippen molar-refractivity contribution in [3.8, 4) is 11.6 Å². The Morgan fingerprint density at radius 1 is 1.35 bits per heavy atom. The van der Waals surface area contributed by atoms with Crippen molar-refractivity contribution >= 4 is 21.6 Å². The Morgan fingerprint density at radius 2 is 2.00 bits per heavy atom. The molecule has 1 saturated carbocycles. The van der Waals surface area contributed by atoms with E-state index in [9.17, 15) is 23.3 Å². The molecule has 12 heteroatoms. The first-order valence-electron chi connectivity index (χ1n) is 11.1. The molecule has 0 unspecified atom stereocenters. The first-order chi connectivity index (χ1) is 15.7. The third-order valence-electron chi connectivity index (χ3n) is 5.43. The SMILES string of the molecule is CC[C@H](C)NS(=O)(=O)c1cc([N+](=O)[O-])ccc1Oc1c(C)c(C(=O)NC2CC2)nn1C(C)(C)C. The fourth-order valence-electron chi connectivity index (χ4n) is 3.17. The molecule has 1 aromatic carbocycles. The second-order valence-corrected chi connectivity index (χ2v) is 11.2. The summed E-state index contributed by atoms with van der Waals surface area (Å²) in [4.78, 5) is 23.0. The number of amides is 1. The van der Waals surface area contributed by atoms with E-state index in [-0.39, 0.29) is 39.9 Å². The summed E-state index contributed by atoms with van der Waals surface area (Å²) in [5.41, 5.74) is -0.375. The number of carbonyl (C=O) groups is 1. The number of rotatable bonds is 9. The average molecular weight is 494 g/mol. The fourth-order valence-corrected chi connectivity index (χ4v) is 4.65. The van der Waals surface area contributed by atoms with Crippen molar-refractivity contribution in [2.24, 2.45) is 0 Å². The molecule has 1 aromatic heterocycles. The third-order valence-corrected chi connectivity index (χ3v) is 7.05. The van der Waals surface area contributed by atoms with Gasteiger partial charge in [-0.3, -0.25) is 14.9 Å². The molecule has 2 aromatic rings. The van der Waals surface area contributed by atoms with Gasteiger partial charge in [-0.25, -0.2) is 17.8 Å². The van der Waals surface area contributed by atoms with Crippen LogP contribution >= 0.6 is 0 Å². The van der Waals surface area contributed by atoms with Crippen LogP contribution in [0.4, 0.5) is 5.69 Å². The first-order valence-corrected chi connectivity index (χ1v) is 12.6. The Kier molecular flexibility index (Phi) is 7.04. The molecule has 1 fully saturated rings. The largest absolute Gasteiger partial charge is 0.438 e. The van der Waals surface area contributed by atoms with E-state index < -0.39 is 26.5 Å². The number of non-ortho nitro benzene ring substituents is 1. The molecule has 11 nitrogen and oxygen atoms in total. The summed E-state index contributed by atoms with van der Waals surface area (Å²) in [7, 11) is -4.15. The molecular weight excluding hydrogens is 462 g/mol. The Bertz CT molecular complexity index is 1210. The average Bonchev–Trinajstić information content (AvgIpc) is 3.48. The van der Waals surface area contributed by atoms with Crippen LogP contribution in [0.5, 0.6) is 11.6 Å². The van der Waals surface area contributed by atoms with Crippen molar-refractivity contribution < 1.29 is 22.9 Å². The number of sulfonamides is 1. The maximum Gasteiger partial charge on any atom is 0.272 e. The molecule has 0 saturated heterocycles. The number of nitro groups is 1. The molecule has 0 radical (unpaired) electrons. The molecule has 186 valence electrons. The second-order valence-electron chi connectivity index (χ2n) is 9.53. The summed E-state index contributed by atoms with van der Waals surface area (Å²) < 4.78 is 36.3. The summed E-state index contributed by atoms with van der Waals surface area (Å²) in [6, 6.07) is 3.12. The fraction of sp³-hybridized carbons (Fsp3) is 0.545. The zero-order chi connectivity index (χ0) is 25.4. The molecule has 0 aliphatic heterocycles. The number of hydrogen-bond acceptors (Lipinski definition) is 7. The zero-order valence-electron chi connectivity index (χ0n) is 20.2. The van der Waals surface area contributed by atoms with Gasteiger partial charge in [0.15, 0.2) is 5.69 Å². The lowest BCUT2D eigenvalue weighted by molar-refractivity contribution is -0.385. The molecule has 1 atom stereocenters. The molecule has 3 rings (SSSR count). The van der Waals surface area contributed by atoms with Gasteiger partial charge >= 0.3 is 0 Å². The molecular formula is C22H31N5O6S. The van der Waals surface area contributed by atoms with E-state index >= 15 is 0 Å². The Labute approximate surface area is 199 Å². The lowest BCUT2D eigenvalue weighted by Crippen LogP contribution is -2.32. The van der Waals surface area contributed by atoms with E-state index in [0.717, 1.165) is 18.9 Å². The number of ether oxygens (including phenoxy) is 1. The van der Waals surface area contributed by atoms with Crippen LogP contribution in [0.15, 0.2) is 23.1 Å². The number of nitrogens with one attached hydrogen (secondary N) is 2. The highest BCUT2D eigenvalue weighted by molar-refractivity contribution is 7.89. The van der Waals surface area contributed by atoms with Crippen molar-refractivity contribution in [1.29, 1.82) is 0 Å². The number of benzene rings is 1. The van der Waals surface area contributed by atoms with E-state index in [1.165, 1.54) is 16.8 Å². The minimum atomic E-state index is -4.15. The van der Waals surface area contributed by atoms with Gasteiger partial charge in [0.1, 0.15) is 10.6 Å². The molecule has 1 aliphatic carbocycles. The number of aromatic nitrogens is 2. The monoisotopic (exact) mass is 493 g/mol. The highest BCUT2D eigenvalue weighted by Gasteiger charge is 2.32. The summed E-state index contributed by atoms with van der Waals surface area (Å²) in [5, 5.41) is 18.7. The summed E-state index contributed by atoms with van der Waals surface area (Å²) in [6.45, 7) is 10.8. The highest BCUT2D eigenvalue weighted by Crippen LogP contribution is 2.37. The standard InChI is InChI=1S/C22H31N5O6S/c1-7-13(2)25-34(31,32)18-12-16(27(29)30)10-11-17(18)33-21-14(3)19(20(28)23-15-8-9-15)24-26(21)22(4,5)6/h10-13,15,25H,7-9H2,1-6H3,(H,23,28)/t13-/m0/s1. The predicted molar refractivity (Wildman–Crippen MR) is 126 cm³/mol. The van der Waals surface area contributed by atoms with E-state index in [1.54, 1.807) is 13.8 Å². The van der Waals surface area contributed by atoms with Crippen LogP contribution in [0.3, 0.4) is 0 Å². The summed E-state index contributed by atoms with van der Waals surface area (Å²) in [5.74, 6) is -0.255. The van der Waals surface area contributed by atoms with Crippen LogP contribution in [-0.4, -0.2) is 41.1 Å². The normalized spacial score (nSPS) is 15.1. The van der Waals surface area contributed by atoms with Gasteiger partial charge in [-0.15, -0.1) is 0 Å². The van der Waals surface area contributed by atoms with E-state index in [4.69, 9.17) is 4.74 Å². The Balaban J connectivity index is 2.12. The smallest absolute Gasteiger partial charge is 0.272 e. The molecule has 1 amide bonds. The molecule has 1 heterocycles. The molecule has 34 heavy (non-hydrogen) atoms. The van der Waals surface area contributed by atoms with Gasteiger partial charge < -0.3 is 10.1 Å². The third kappa shape index (κ3) is 5.55. The van der Waals surface area contributed by atoms with Gasteiger partial charge in [-0.2, -0.15) is 5.10 Å². The molecule has 1 aliphatic rings. The van der Waals surface area contributed by atoms with Crippen LogP contribution < -0.4 is 14.8 Å². The van der Waals surface area contributed by atoms with Crippen LogP contribution in [0, 0.1) is 17.0 Å². The van der Waals surface area contributed by atoms with Gasteiger partial charge in [-0.1, -0.05) is 6.92 Å². The van der Waals surface area contributed by atoms with E-state index in [1.807, 2.05) is 27.7 Å². The number of carbonyl (C=O) groups excluding carboxylic acids is 1. The van der Waals surface area contributed by atoms with Gasteiger partial charge in [-0.05, 0) is 59.9 Å². The number of nitro benzene ring substituents is 1. The van der Waals surface area contributed by atoms with Gasteiger partial charge in [0.25, 0.3) is 11.6 Å². The topological polar surface area (TPSA) is 145 Å². The summed E-state index contributed by atoms with van der Waals surface area (Å²) >= 11 is 0. The Morgan fingerprint density at radius 3 is 2.53 bits per heavy atom. The predicted octanol–water partition coefficient (Wildman–Crippen LogP) is 3.62. The number of nitrogens with zero attached hydrogens (tertiary/aromatic N) is 3. The van der Waals surface area contributed by atoms with Crippen molar-refractivity contribution in [2.45, 2.75) is 83.3 Å². The van der Waals surface area contributed by atoms with Gasteiger partial charge in [0, 0.05) is 29.8 Å². The van der Waals surface area contributed by atoms with E-state index in [0.29, 0.717) is 12.0 Å². The second kappa shape index (κ2) is 9.34. The van der Waals surface area contributed by atoms with Crippen LogP contribution in [-0.2, 0) is 15.6 Å². The van der Waals surface area contributed by atoms with Crippen LogP contribution in [0.2, 0.25) is 0 Å². The lowest BCUT2D eigenvalue weighted by Gasteiger charge is -2.23. The van der Waals surface area contributed by atoms with Crippen LogP contribution in [0.1, 0.15) is 69.9 Å². The first kappa shape index (κ1) is 25.6. The minimum Gasteiger partial charge on any atom is -0.438 e.